The van der Waals surface area contributed by atoms with Crippen LogP contribution in [-0.2, 0) is 4.79 Å². The monoisotopic (exact) mass is 359 g/mol. The second-order valence-corrected chi connectivity index (χ2v) is 6.98. The van der Waals surface area contributed by atoms with Gasteiger partial charge in [0.2, 0.25) is 5.12 Å². The average molecular weight is 360 g/mol. The third-order valence-electron chi connectivity index (χ3n) is 2.46. The van der Waals surface area contributed by atoms with Gasteiger partial charge in [0.1, 0.15) is 15.8 Å². The van der Waals surface area contributed by atoms with Crippen LogP contribution in [0.15, 0.2) is 35.5 Å². The summed E-state index contributed by atoms with van der Waals surface area (Å²) < 4.78 is 5.95. The third kappa shape index (κ3) is 4.07. The van der Waals surface area contributed by atoms with Crippen molar-refractivity contribution in [3.8, 4) is 5.75 Å². The van der Waals surface area contributed by atoms with Crippen LogP contribution in [0.2, 0.25) is 10.0 Å². The van der Waals surface area contributed by atoms with Gasteiger partial charge in [0.25, 0.3) is 0 Å². The Morgan fingerprint density at radius 1 is 1.48 bits per heavy atom. The smallest absolute Gasteiger partial charge is 0.244 e. The number of methoxy groups -OCH3 is 1. The van der Waals surface area contributed by atoms with Crippen LogP contribution in [0.5, 0.6) is 5.75 Å². The van der Waals surface area contributed by atoms with Crippen molar-refractivity contribution in [2.24, 2.45) is 4.99 Å². The molecule has 0 amide bonds. The summed E-state index contributed by atoms with van der Waals surface area (Å²) in [6.45, 7) is 3.64. The van der Waals surface area contributed by atoms with Gasteiger partial charge in [0, 0.05) is 16.3 Å². The van der Waals surface area contributed by atoms with Crippen LogP contribution < -0.4 is 4.74 Å². The van der Waals surface area contributed by atoms with Gasteiger partial charge in [-0.2, -0.15) is 0 Å². The number of carbonyl (C=O) groups excluding carboxylic acids is 1. The summed E-state index contributed by atoms with van der Waals surface area (Å²) in [5.74, 6) is 1.17. The highest BCUT2D eigenvalue weighted by atomic mass is 35.5. The molecule has 0 radical (unpaired) electrons. The van der Waals surface area contributed by atoms with E-state index >= 15 is 0 Å². The molecule has 0 bridgehead atoms. The van der Waals surface area contributed by atoms with E-state index in [4.69, 9.17) is 27.9 Å². The SMILES string of the molecule is C=CCSC1=N/C(=C\c2cc(Cl)cc(Cl)c2OC)C(=O)S1. The number of benzene rings is 1. The molecule has 0 unspecified atom stereocenters. The number of ether oxygens (including phenoxy) is 1. The molecule has 110 valence electrons. The molecule has 0 atom stereocenters. The van der Waals surface area contributed by atoms with Crippen molar-refractivity contribution in [3.63, 3.8) is 0 Å². The topological polar surface area (TPSA) is 38.7 Å². The number of hydrogen-bond donors (Lipinski definition) is 0. The number of aliphatic imine (C=N–C) groups is 1. The summed E-state index contributed by atoms with van der Waals surface area (Å²) in [5, 5.41) is 0.746. The maximum absolute atomic E-state index is 12.0. The third-order valence-corrected chi connectivity index (χ3v) is 4.96. The van der Waals surface area contributed by atoms with Crippen molar-refractivity contribution in [2.45, 2.75) is 0 Å². The lowest BCUT2D eigenvalue weighted by Gasteiger charge is -2.08. The predicted molar refractivity (Wildman–Crippen MR) is 93.7 cm³/mol. The molecule has 0 N–H and O–H groups in total. The number of thioether (sulfide) groups is 2. The second-order valence-electron chi connectivity index (χ2n) is 3.91. The lowest BCUT2D eigenvalue weighted by atomic mass is 10.1. The van der Waals surface area contributed by atoms with Crippen LogP contribution in [0.1, 0.15) is 5.56 Å². The van der Waals surface area contributed by atoms with E-state index in [1.807, 2.05) is 0 Å². The summed E-state index contributed by atoms with van der Waals surface area (Å²) >= 11 is 14.6. The van der Waals surface area contributed by atoms with Crippen LogP contribution in [0.4, 0.5) is 0 Å². The number of rotatable bonds is 4. The molecule has 0 aliphatic carbocycles. The maximum Gasteiger partial charge on any atom is 0.244 e. The van der Waals surface area contributed by atoms with Crippen LogP contribution in [0, 0.1) is 0 Å². The van der Waals surface area contributed by atoms with Crippen molar-refractivity contribution in [1.82, 2.24) is 0 Å². The number of nitrogens with zero attached hydrogens (tertiary/aromatic N) is 1. The molecule has 0 fully saturated rings. The second kappa shape index (κ2) is 7.40. The van der Waals surface area contributed by atoms with Gasteiger partial charge in [-0.1, -0.05) is 41.0 Å². The fourth-order valence-electron chi connectivity index (χ4n) is 1.63. The minimum atomic E-state index is -0.111. The molecule has 1 aromatic rings. The largest absolute Gasteiger partial charge is 0.495 e. The number of halogens is 2. The van der Waals surface area contributed by atoms with Gasteiger partial charge in [0.15, 0.2) is 0 Å². The zero-order valence-corrected chi connectivity index (χ0v) is 14.2. The highest BCUT2D eigenvalue weighted by Gasteiger charge is 2.23. The number of hydrogen-bond acceptors (Lipinski definition) is 5. The van der Waals surface area contributed by atoms with E-state index < -0.39 is 0 Å². The lowest BCUT2D eigenvalue weighted by Crippen LogP contribution is -1.92. The minimum absolute atomic E-state index is 0.111. The van der Waals surface area contributed by atoms with Gasteiger partial charge in [-0.05, 0) is 30.0 Å². The standard InChI is InChI=1S/C14H11Cl2NO2S2/c1-3-4-20-14-17-11(13(18)21-14)6-8-5-9(15)7-10(16)12(8)19-2/h3,5-7H,1,4H2,2H3/b11-6-. The lowest BCUT2D eigenvalue weighted by molar-refractivity contribution is -0.107. The van der Waals surface area contributed by atoms with E-state index in [0.29, 0.717) is 37.2 Å². The average Bonchev–Trinajstić information content (AvgIpc) is 2.76. The van der Waals surface area contributed by atoms with Gasteiger partial charge >= 0.3 is 0 Å². The van der Waals surface area contributed by atoms with Gasteiger partial charge in [-0.15, -0.1) is 6.58 Å². The van der Waals surface area contributed by atoms with Crippen molar-refractivity contribution >= 4 is 62.3 Å². The summed E-state index contributed by atoms with van der Waals surface area (Å²) in [4.78, 5) is 16.3. The molecule has 1 aromatic carbocycles. The van der Waals surface area contributed by atoms with E-state index in [2.05, 4.69) is 11.6 Å². The fourth-order valence-corrected chi connectivity index (χ4v) is 3.82. The fraction of sp³-hybridized carbons (Fsp3) is 0.143. The van der Waals surface area contributed by atoms with Crippen molar-refractivity contribution in [3.05, 3.63) is 46.1 Å². The van der Waals surface area contributed by atoms with E-state index in [9.17, 15) is 4.79 Å². The summed E-state index contributed by atoms with van der Waals surface area (Å²) in [7, 11) is 1.51. The zero-order chi connectivity index (χ0) is 15.4. The first-order chi connectivity index (χ1) is 10.0. The minimum Gasteiger partial charge on any atom is -0.495 e. The van der Waals surface area contributed by atoms with Crippen molar-refractivity contribution in [2.75, 3.05) is 12.9 Å². The Morgan fingerprint density at radius 2 is 2.24 bits per heavy atom. The maximum atomic E-state index is 12.0. The first-order valence-electron chi connectivity index (χ1n) is 5.84. The molecule has 0 spiro atoms. The van der Waals surface area contributed by atoms with Crippen molar-refractivity contribution < 1.29 is 9.53 Å². The zero-order valence-electron chi connectivity index (χ0n) is 11.1. The summed E-state index contributed by atoms with van der Waals surface area (Å²) in [5.41, 5.74) is 0.973. The quantitative estimate of drug-likeness (QED) is 0.566. The van der Waals surface area contributed by atoms with Gasteiger partial charge in [-0.3, -0.25) is 4.79 Å². The first-order valence-corrected chi connectivity index (χ1v) is 8.40. The molecule has 21 heavy (non-hydrogen) atoms. The Labute approximate surface area is 141 Å². The Hall–Kier alpha value is -0.880. The Balaban J connectivity index is 2.37. The molecule has 0 aromatic heterocycles. The Bertz CT molecular complexity index is 657. The highest BCUT2D eigenvalue weighted by molar-refractivity contribution is 8.45. The molecule has 7 heteroatoms. The molecular formula is C14H11Cl2NO2S2. The summed E-state index contributed by atoms with van der Waals surface area (Å²) in [6.07, 6.45) is 3.40. The van der Waals surface area contributed by atoms with E-state index in [1.165, 1.54) is 18.9 Å². The van der Waals surface area contributed by atoms with Gasteiger partial charge in [-0.25, -0.2) is 4.99 Å². The molecule has 2 rings (SSSR count). The molecular weight excluding hydrogens is 349 g/mol. The molecule has 3 nitrogen and oxygen atoms in total. The van der Waals surface area contributed by atoms with E-state index in [-0.39, 0.29) is 5.12 Å². The Kier molecular flexibility index (Phi) is 5.81. The number of carbonyl (C=O) groups is 1. The van der Waals surface area contributed by atoms with E-state index in [0.717, 1.165) is 11.8 Å². The molecule has 0 saturated carbocycles. The molecule has 0 saturated heterocycles. The van der Waals surface area contributed by atoms with Crippen LogP contribution in [0.3, 0.4) is 0 Å². The summed E-state index contributed by atoms with van der Waals surface area (Å²) in [6, 6.07) is 3.27. The van der Waals surface area contributed by atoms with Gasteiger partial charge in [0.05, 0.1) is 12.1 Å². The normalized spacial score (nSPS) is 16.2. The predicted octanol–water partition coefficient (Wildman–Crippen LogP) is 4.89. The van der Waals surface area contributed by atoms with Crippen LogP contribution in [0.25, 0.3) is 6.08 Å². The Morgan fingerprint density at radius 3 is 2.90 bits per heavy atom. The highest BCUT2D eigenvalue weighted by Crippen LogP contribution is 2.36. The van der Waals surface area contributed by atoms with Crippen LogP contribution in [-0.4, -0.2) is 22.4 Å². The molecule has 1 aliphatic heterocycles. The molecule has 1 heterocycles. The van der Waals surface area contributed by atoms with Gasteiger partial charge < -0.3 is 4.74 Å². The van der Waals surface area contributed by atoms with E-state index in [1.54, 1.807) is 24.3 Å². The molecule has 1 aliphatic rings. The van der Waals surface area contributed by atoms with Crippen molar-refractivity contribution in [1.29, 1.82) is 0 Å². The van der Waals surface area contributed by atoms with Crippen LogP contribution >= 0.6 is 46.7 Å². The first kappa shape index (κ1) is 16.5.